The van der Waals surface area contributed by atoms with Crippen molar-refractivity contribution in [2.45, 2.75) is 36.1 Å². The maximum Gasteiger partial charge on any atom is 0.261 e. The van der Waals surface area contributed by atoms with Gasteiger partial charge in [-0.3, -0.25) is 14.9 Å². The Morgan fingerprint density at radius 2 is 1.74 bits per heavy atom. The summed E-state index contributed by atoms with van der Waals surface area (Å²) in [6, 6.07) is 8.99. The van der Waals surface area contributed by atoms with Crippen LogP contribution in [0.4, 0.5) is 0 Å². The number of aromatic nitrogens is 1. The first-order chi connectivity index (χ1) is 10.8. The monoisotopic (exact) mass is 346 g/mol. The zero-order valence-electron chi connectivity index (χ0n) is 12.9. The van der Waals surface area contributed by atoms with Gasteiger partial charge in [-0.1, -0.05) is 44.1 Å². The van der Waals surface area contributed by atoms with Gasteiger partial charge in [-0.15, -0.1) is 0 Å². The van der Waals surface area contributed by atoms with E-state index in [0.29, 0.717) is 21.2 Å². The summed E-state index contributed by atoms with van der Waals surface area (Å²) in [5.74, 6) is -0.759. The normalized spacial score (nSPS) is 13.9. The molecule has 0 bridgehead atoms. The number of carbonyl (C=O) groups is 2. The molecule has 23 heavy (non-hydrogen) atoms. The van der Waals surface area contributed by atoms with Crippen LogP contribution in [0.25, 0.3) is 0 Å². The SMILES string of the molecule is CC(C)(C)c1cc2c(c(Sc3ccc(Cl)cc3)n1)C(=O)NC2=O. The maximum absolute atomic E-state index is 12.1. The second kappa shape index (κ2) is 5.65. The molecule has 2 amide bonds. The Labute approximate surface area is 143 Å². The first-order valence-corrected chi connectivity index (χ1v) is 8.30. The summed E-state index contributed by atoms with van der Waals surface area (Å²) in [5.41, 5.74) is 1.29. The number of pyridine rings is 1. The molecule has 2 heterocycles. The van der Waals surface area contributed by atoms with Crippen LogP contribution < -0.4 is 5.32 Å². The van der Waals surface area contributed by atoms with Crippen LogP contribution in [0.2, 0.25) is 5.02 Å². The van der Waals surface area contributed by atoms with Gasteiger partial charge < -0.3 is 0 Å². The summed E-state index contributed by atoms with van der Waals surface area (Å²) >= 11 is 7.26. The van der Waals surface area contributed by atoms with E-state index < -0.39 is 5.91 Å². The molecule has 6 heteroatoms. The number of hydrogen-bond acceptors (Lipinski definition) is 4. The third kappa shape index (κ3) is 3.12. The highest BCUT2D eigenvalue weighted by Gasteiger charge is 2.33. The number of rotatable bonds is 2. The summed E-state index contributed by atoms with van der Waals surface area (Å²) < 4.78 is 0. The van der Waals surface area contributed by atoms with Crippen LogP contribution in [0.15, 0.2) is 40.3 Å². The molecule has 4 nitrogen and oxygen atoms in total. The van der Waals surface area contributed by atoms with E-state index in [1.165, 1.54) is 11.8 Å². The predicted molar refractivity (Wildman–Crippen MR) is 90.3 cm³/mol. The van der Waals surface area contributed by atoms with E-state index in [0.717, 1.165) is 10.6 Å². The summed E-state index contributed by atoms with van der Waals surface area (Å²) in [4.78, 5) is 29.7. The van der Waals surface area contributed by atoms with Crippen LogP contribution in [0.5, 0.6) is 0 Å². The van der Waals surface area contributed by atoms with E-state index in [2.05, 4.69) is 10.3 Å². The van der Waals surface area contributed by atoms with Crippen molar-refractivity contribution in [1.82, 2.24) is 10.3 Å². The highest BCUT2D eigenvalue weighted by molar-refractivity contribution is 7.99. The quantitative estimate of drug-likeness (QED) is 0.833. The van der Waals surface area contributed by atoms with Crippen LogP contribution in [-0.4, -0.2) is 16.8 Å². The second-order valence-corrected chi connectivity index (χ2v) is 7.82. The molecule has 1 aliphatic heterocycles. The third-order valence-electron chi connectivity index (χ3n) is 3.48. The van der Waals surface area contributed by atoms with Crippen LogP contribution in [-0.2, 0) is 5.41 Å². The summed E-state index contributed by atoms with van der Waals surface area (Å²) in [6.07, 6.45) is 0. The number of fused-ring (bicyclic) bond motifs is 1. The van der Waals surface area contributed by atoms with Crippen molar-refractivity contribution in [2.24, 2.45) is 0 Å². The highest BCUT2D eigenvalue weighted by Crippen LogP contribution is 2.35. The van der Waals surface area contributed by atoms with Crippen LogP contribution in [0, 0.1) is 0 Å². The van der Waals surface area contributed by atoms with Gasteiger partial charge in [0.05, 0.1) is 11.1 Å². The van der Waals surface area contributed by atoms with Gasteiger partial charge in [0.1, 0.15) is 5.03 Å². The zero-order valence-corrected chi connectivity index (χ0v) is 14.5. The minimum absolute atomic E-state index is 0.226. The fraction of sp³-hybridized carbons (Fsp3) is 0.235. The minimum Gasteiger partial charge on any atom is -0.288 e. The molecular formula is C17H15ClN2O2S. The first kappa shape index (κ1) is 16.0. The van der Waals surface area contributed by atoms with Crippen LogP contribution in [0.3, 0.4) is 0 Å². The van der Waals surface area contributed by atoms with Crippen molar-refractivity contribution in [2.75, 3.05) is 0 Å². The molecule has 118 valence electrons. The summed E-state index contributed by atoms with van der Waals surface area (Å²) in [6.45, 7) is 6.06. The summed E-state index contributed by atoms with van der Waals surface area (Å²) in [7, 11) is 0. The molecule has 0 aliphatic carbocycles. The average molecular weight is 347 g/mol. The Morgan fingerprint density at radius 3 is 2.35 bits per heavy atom. The lowest BCUT2D eigenvalue weighted by Gasteiger charge is -2.19. The number of imide groups is 1. The Bertz CT molecular complexity index is 811. The molecule has 1 aromatic heterocycles. The number of carbonyl (C=O) groups excluding carboxylic acids is 2. The lowest BCUT2D eigenvalue weighted by atomic mass is 9.90. The smallest absolute Gasteiger partial charge is 0.261 e. The maximum atomic E-state index is 12.1. The van der Waals surface area contributed by atoms with E-state index >= 15 is 0 Å². The number of amides is 2. The zero-order chi connectivity index (χ0) is 16.8. The standard InChI is InChI=1S/C17H15ClN2O2S/c1-17(2,3)12-8-11-13(15(22)20-14(11)21)16(19-12)23-10-6-4-9(18)5-7-10/h4-8H,1-3H3,(H,20,21,22). The van der Waals surface area contributed by atoms with Gasteiger partial charge in [0.15, 0.2) is 0 Å². The van der Waals surface area contributed by atoms with Gasteiger partial charge >= 0.3 is 0 Å². The Kier molecular flexibility index (Phi) is 3.94. The van der Waals surface area contributed by atoms with Crippen LogP contribution >= 0.6 is 23.4 Å². The fourth-order valence-electron chi connectivity index (χ4n) is 2.23. The van der Waals surface area contributed by atoms with E-state index in [1.807, 2.05) is 32.9 Å². The topological polar surface area (TPSA) is 59.1 Å². The van der Waals surface area contributed by atoms with Crippen LogP contribution in [0.1, 0.15) is 47.2 Å². The predicted octanol–water partition coefficient (Wildman–Crippen LogP) is 4.07. The average Bonchev–Trinajstić information content (AvgIpc) is 2.76. The molecule has 0 spiro atoms. The van der Waals surface area contributed by atoms with Crippen molar-refractivity contribution in [3.8, 4) is 0 Å². The Balaban J connectivity index is 2.13. The lowest BCUT2D eigenvalue weighted by molar-refractivity contribution is 0.0878. The molecule has 0 radical (unpaired) electrons. The first-order valence-electron chi connectivity index (χ1n) is 7.10. The van der Waals surface area contributed by atoms with Gasteiger partial charge in [-0.2, -0.15) is 0 Å². The highest BCUT2D eigenvalue weighted by atomic mass is 35.5. The van der Waals surface area contributed by atoms with Gasteiger partial charge in [0.25, 0.3) is 11.8 Å². The van der Waals surface area contributed by atoms with Gasteiger partial charge in [0.2, 0.25) is 0 Å². The number of halogens is 1. The molecule has 1 N–H and O–H groups in total. The molecule has 3 rings (SSSR count). The van der Waals surface area contributed by atoms with E-state index in [4.69, 9.17) is 11.6 Å². The van der Waals surface area contributed by atoms with E-state index in [-0.39, 0.29) is 11.3 Å². The number of nitrogens with zero attached hydrogens (tertiary/aromatic N) is 1. The summed E-state index contributed by atoms with van der Waals surface area (Å²) in [5, 5.41) is 3.53. The van der Waals surface area contributed by atoms with Crippen molar-refractivity contribution in [1.29, 1.82) is 0 Å². The molecule has 0 unspecified atom stereocenters. The largest absolute Gasteiger partial charge is 0.288 e. The molecule has 1 aromatic carbocycles. The number of benzene rings is 1. The Hall–Kier alpha value is -1.85. The fourth-order valence-corrected chi connectivity index (χ4v) is 3.30. The van der Waals surface area contributed by atoms with Crippen molar-refractivity contribution in [3.05, 3.63) is 52.2 Å². The van der Waals surface area contributed by atoms with Crippen molar-refractivity contribution in [3.63, 3.8) is 0 Å². The third-order valence-corrected chi connectivity index (χ3v) is 4.73. The van der Waals surface area contributed by atoms with E-state index in [9.17, 15) is 9.59 Å². The van der Waals surface area contributed by atoms with Crippen molar-refractivity contribution < 1.29 is 9.59 Å². The van der Waals surface area contributed by atoms with Crippen molar-refractivity contribution >= 4 is 35.2 Å². The molecule has 0 atom stereocenters. The molecular weight excluding hydrogens is 332 g/mol. The molecule has 0 fully saturated rings. The minimum atomic E-state index is -0.394. The number of nitrogens with one attached hydrogen (secondary N) is 1. The van der Waals surface area contributed by atoms with Gasteiger partial charge in [0, 0.05) is 21.0 Å². The molecule has 2 aromatic rings. The van der Waals surface area contributed by atoms with Gasteiger partial charge in [-0.25, -0.2) is 4.98 Å². The molecule has 0 saturated carbocycles. The second-order valence-electron chi connectivity index (χ2n) is 6.32. The van der Waals surface area contributed by atoms with Gasteiger partial charge in [-0.05, 0) is 30.3 Å². The number of hydrogen-bond donors (Lipinski definition) is 1. The Morgan fingerprint density at radius 1 is 1.09 bits per heavy atom. The lowest BCUT2D eigenvalue weighted by Crippen LogP contribution is -2.20. The van der Waals surface area contributed by atoms with E-state index in [1.54, 1.807) is 18.2 Å². The molecule has 1 aliphatic rings. The molecule has 0 saturated heterocycles.